The van der Waals surface area contributed by atoms with Crippen molar-refractivity contribution in [2.24, 2.45) is 0 Å². The number of H-pyrrole nitrogens is 1. The summed E-state index contributed by atoms with van der Waals surface area (Å²) in [5.41, 5.74) is 2.98. The van der Waals surface area contributed by atoms with E-state index in [4.69, 9.17) is 0 Å². The summed E-state index contributed by atoms with van der Waals surface area (Å²) in [4.78, 5) is 6.84. The number of nitrogens with zero attached hydrogens (tertiary/aromatic N) is 1. The van der Waals surface area contributed by atoms with E-state index in [-0.39, 0.29) is 5.03 Å². The van der Waals surface area contributed by atoms with Crippen molar-refractivity contribution in [3.63, 3.8) is 0 Å². The molecule has 0 fully saturated rings. The van der Waals surface area contributed by atoms with Crippen LogP contribution in [0.5, 0.6) is 0 Å². The maximum Gasteiger partial charge on any atom is 0.278 e. The van der Waals surface area contributed by atoms with Gasteiger partial charge in [0.25, 0.3) is 10.0 Å². The molecule has 1 aliphatic rings. The first-order chi connectivity index (χ1) is 10.1. The Kier molecular flexibility index (Phi) is 3.69. The molecule has 0 saturated carbocycles. The second-order valence-electron chi connectivity index (χ2n) is 5.06. The van der Waals surface area contributed by atoms with Gasteiger partial charge in [0.15, 0.2) is 5.03 Å². The quantitative estimate of drug-likeness (QED) is 0.797. The molecule has 3 rings (SSSR count). The van der Waals surface area contributed by atoms with Gasteiger partial charge >= 0.3 is 0 Å². The second kappa shape index (κ2) is 5.50. The van der Waals surface area contributed by atoms with Crippen LogP contribution in [-0.2, 0) is 29.4 Å². The SMILES string of the molecule is CCc1ncc(S(=O)(=O)Nc2ccc3c(c2)CNCC3)[nH]1. The van der Waals surface area contributed by atoms with Gasteiger partial charge in [-0.1, -0.05) is 13.0 Å². The molecule has 3 N–H and O–H groups in total. The third-order valence-corrected chi connectivity index (χ3v) is 4.87. The van der Waals surface area contributed by atoms with Gasteiger partial charge in [-0.05, 0) is 36.2 Å². The largest absolute Gasteiger partial charge is 0.332 e. The van der Waals surface area contributed by atoms with Gasteiger partial charge in [-0.2, -0.15) is 8.42 Å². The normalized spacial score (nSPS) is 14.7. The number of sulfonamides is 1. The zero-order valence-electron chi connectivity index (χ0n) is 11.8. The van der Waals surface area contributed by atoms with Crippen LogP contribution in [0.4, 0.5) is 5.69 Å². The van der Waals surface area contributed by atoms with Crippen LogP contribution >= 0.6 is 0 Å². The number of aromatic nitrogens is 2. The molecule has 112 valence electrons. The molecule has 0 spiro atoms. The molecule has 0 saturated heterocycles. The number of hydrogen-bond acceptors (Lipinski definition) is 4. The first-order valence-electron chi connectivity index (χ1n) is 6.97. The summed E-state index contributed by atoms with van der Waals surface area (Å²) in [7, 11) is -3.62. The Morgan fingerprint density at radius 2 is 2.19 bits per heavy atom. The number of aryl methyl sites for hydroxylation is 1. The number of nitrogens with one attached hydrogen (secondary N) is 3. The van der Waals surface area contributed by atoms with Crippen molar-refractivity contribution in [1.82, 2.24) is 15.3 Å². The lowest BCUT2D eigenvalue weighted by Crippen LogP contribution is -2.23. The van der Waals surface area contributed by atoms with E-state index < -0.39 is 10.0 Å². The maximum absolute atomic E-state index is 12.3. The number of anilines is 1. The molecule has 7 heteroatoms. The molecule has 1 aromatic heterocycles. The molecule has 0 bridgehead atoms. The average molecular weight is 306 g/mol. The van der Waals surface area contributed by atoms with Crippen molar-refractivity contribution in [3.8, 4) is 0 Å². The fourth-order valence-corrected chi connectivity index (χ4v) is 3.40. The smallest absolute Gasteiger partial charge is 0.278 e. The lowest BCUT2D eigenvalue weighted by molar-refractivity contribution is 0.598. The second-order valence-corrected chi connectivity index (χ2v) is 6.71. The first-order valence-corrected chi connectivity index (χ1v) is 8.46. The number of rotatable bonds is 4. The summed E-state index contributed by atoms with van der Waals surface area (Å²) in [5, 5.41) is 3.37. The highest BCUT2D eigenvalue weighted by molar-refractivity contribution is 7.92. The fraction of sp³-hybridized carbons (Fsp3) is 0.357. The van der Waals surface area contributed by atoms with E-state index in [1.165, 1.54) is 11.8 Å². The predicted molar refractivity (Wildman–Crippen MR) is 80.6 cm³/mol. The van der Waals surface area contributed by atoms with Crippen molar-refractivity contribution in [1.29, 1.82) is 0 Å². The zero-order valence-corrected chi connectivity index (χ0v) is 12.6. The summed E-state index contributed by atoms with van der Waals surface area (Å²) in [6, 6.07) is 5.67. The summed E-state index contributed by atoms with van der Waals surface area (Å²) >= 11 is 0. The van der Waals surface area contributed by atoms with E-state index >= 15 is 0 Å². The lowest BCUT2D eigenvalue weighted by Gasteiger charge is -2.18. The lowest BCUT2D eigenvalue weighted by atomic mass is 10.0. The van der Waals surface area contributed by atoms with Gasteiger partial charge in [0.1, 0.15) is 5.82 Å². The van der Waals surface area contributed by atoms with Gasteiger partial charge in [0, 0.05) is 18.7 Å². The minimum absolute atomic E-state index is 0.0928. The topological polar surface area (TPSA) is 86.9 Å². The van der Waals surface area contributed by atoms with Crippen LogP contribution in [0.15, 0.2) is 29.4 Å². The molecule has 6 nitrogen and oxygen atoms in total. The average Bonchev–Trinajstić information content (AvgIpc) is 2.96. The van der Waals surface area contributed by atoms with Crippen LogP contribution in [0.2, 0.25) is 0 Å². The van der Waals surface area contributed by atoms with Gasteiger partial charge in [0.05, 0.1) is 6.20 Å². The van der Waals surface area contributed by atoms with Crippen molar-refractivity contribution in [3.05, 3.63) is 41.3 Å². The molecule has 0 radical (unpaired) electrons. The van der Waals surface area contributed by atoms with Gasteiger partial charge in [0.2, 0.25) is 0 Å². The van der Waals surface area contributed by atoms with Crippen LogP contribution in [0, 0.1) is 0 Å². The third kappa shape index (κ3) is 2.93. The van der Waals surface area contributed by atoms with Crippen LogP contribution < -0.4 is 10.0 Å². The van der Waals surface area contributed by atoms with E-state index in [1.54, 1.807) is 6.07 Å². The molecule has 0 atom stereocenters. The number of fused-ring (bicyclic) bond motifs is 1. The van der Waals surface area contributed by atoms with Crippen LogP contribution in [0.25, 0.3) is 0 Å². The van der Waals surface area contributed by atoms with Crippen LogP contribution in [0.3, 0.4) is 0 Å². The Hall–Kier alpha value is -1.86. The standard InChI is InChI=1S/C14H18N4O2S/c1-2-13-16-9-14(17-13)21(19,20)18-12-4-3-10-5-6-15-8-11(10)7-12/h3-4,7,9,15,18H,2,5-6,8H2,1H3,(H,16,17). The van der Waals surface area contributed by atoms with E-state index in [0.717, 1.165) is 25.1 Å². The van der Waals surface area contributed by atoms with E-state index in [0.29, 0.717) is 17.9 Å². The highest BCUT2D eigenvalue weighted by Crippen LogP contribution is 2.21. The number of aromatic amines is 1. The van der Waals surface area contributed by atoms with Gasteiger partial charge in [-0.25, -0.2) is 4.98 Å². The van der Waals surface area contributed by atoms with Crippen molar-refractivity contribution in [2.75, 3.05) is 11.3 Å². The highest BCUT2D eigenvalue weighted by atomic mass is 32.2. The zero-order chi connectivity index (χ0) is 14.9. The number of benzene rings is 1. The van der Waals surface area contributed by atoms with E-state index in [9.17, 15) is 8.42 Å². The summed E-state index contributed by atoms with van der Waals surface area (Å²) in [5.74, 6) is 0.657. The molecular formula is C14H18N4O2S. The molecule has 21 heavy (non-hydrogen) atoms. The number of hydrogen-bond donors (Lipinski definition) is 3. The molecule has 0 unspecified atom stereocenters. The summed E-state index contributed by atoms with van der Waals surface area (Å²) in [6.07, 6.45) is 2.99. The molecule has 1 aliphatic heterocycles. The minimum atomic E-state index is -3.62. The minimum Gasteiger partial charge on any atom is -0.332 e. The van der Waals surface area contributed by atoms with Crippen molar-refractivity contribution < 1.29 is 8.42 Å². The van der Waals surface area contributed by atoms with Crippen LogP contribution in [-0.4, -0.2) is 24.9 Å². The van der Waals surface area contributed by atoms with Crippen molar-refractivity contribution in [2.45, 2.75) is 31.3 Å². The summed E-state index contributed by atoms with van der Waals surface area (Å²) in [6.45, 7) is 3.65. The van der Waals surface area contributed by atoms with E-state index in [1.807, 2.05) is 19.1 Å². The molecule has 0 amide bonds. The Bertz CT molecular complexity index is 752. The van der Waals surface area contributed by atoms with Gasteiger partial charge in [-0.15, -0.1) is 0 Å². The molecule has 0 aliphatic carbocycles. The van der Waals surface area contributed by atoms with Crippen molar-refractivity contribution >= 4 is 15.7 Å². The summed E-state index contributed by atoms with van der Waals surface area (Å²) < 4.78 is 27.2. The number of imidazole rings is 1. The molecule has 2 aromatic rings. The Morgan fingerprint density at radius 3 is 2.95 bits per heavy atom. The Balaban J connectivity index is 1.85. The molecule has 1 aromatic carbocycles. The van der Waals surface area contributed by atoms with Gasteiger partial charge in [-0.3, -0.25) is 4.72 Å². The van der Waals surface area contributed by atoms with Gasteiger partial charge < -0.3 is 10.3 Å². The highest BCUT2D eigenvalue weighted by Gasteiger charge is 2.18. The first kappa shape index (κ1) is 14.1. The van der Waals surface area contributed by atoms with E-state index in [2.05, 4.69) is 20.0 Å². The third-order valence-electron chi connectivity index (χ3n) is 3.57. The van der Waals surface area contributed by atoms with Crippen LogP contribution in [0.1, 0.15) is 23.9 Å². The molecular weight excluding hydrogens is 288 g/mol. The fourth-order valence-electron chi connectivity index (χ4n) is 2.41. The monoisotopic (exact) mass is 306 g/mol. The molecule has 2 heterocycles. The predicted octanol–water partition coefficient (Wildman–Crippen LogP) is 1.42. The Labute approximate surface area is 124 Å². The Morgan fingerprint density at radius 1 is 1.33 bits per heavy atom. The maximum atomic E-state index is 12.3.